The van der Waals surface area contributed by atoms with Gasteiger partial charge in [-0.05, 0) is 38.0 Å². The molecule has 3 aromatic rings. The van der Waals surface area contributed by atoms with Crippen LogP contribution in [0, 0.1) is 0 Å². The standard InChI is InChI=1S/C19H19N3O2/c1-11-18-15(14-5-3-4-6-16(14)21-18)7-8-22(11)19(24)17-9-13(10-20-17)12(2)23/h3-6,9-11,20-21H,7-8H2,1-2H3/t11-/m1/s1. The van der Waals surface area contributed by atoms with E-state index in [0.717, 1.165) is 17.6 Å². The Morgan fingerprint density at radius 3 is 2.79 bits per heavy atom. The quantitative estimate of drug-likeness (QED) is 0.710. The number of rotatable bonds is 2. The highest BCUT2D eigenvalue weighted by molar-refractivity contribution is 5.99. The van der Waals surface area contributed by atoms with Crippen LogP contribution in [0.25, 0.3) is 10.9 Å². The number of benzene rings is 1. The lowest BCUT2D eigenvalue weighted by molar-refractivity contribution is 0.0669. The van der Waals surface area contributed by atoms with Gasteiger partial charge >= 0.3 is 0 Å². The van der Waals surface area contributed by atoms with Gasteiger partial charge in [-0.1, -0.05) is 18.2 Å². The van der Waals surface area contributed by atoms with Crippen molar-refractivity contribution in [3.63, 3.8) is 0 Å². The van der Waals surface area contributed by atoms with Crippen LogP contribution in [0.1, 0.15) is 52.0 Å². The molecular weight excluding hydrogens is 302 g/mol. The first-order valence-corrected chi connectivity index (χ1v) is 8.16. The van der Waals surface area contributed by atoms with Crippen molar-refractivity contribution < 1.29 is 9.59 Å². The lowest BCUT2D eigenvalue weighted by Gasteiger charge is -2.33. The number of Topliss-reactive ketones (excluding diaryl/α,β-unsaturated/α-hetero) is 1. The zero-order chi connectivity index (χ0) is 16.8. The Labute approximate surface area is 139 Å². The molecule has 0 aliphatic carbocycles. The van der Waals surface area contributed by atoms with Crippen molar-refractivity contribution in [1.29, 1.82) is 0 Å². The van der Waals surface area contributed by atoms with Crippen molar-refractivity contribution in [3.05, 3.63) is 59.0 Å². The molecule has 0 saturated heterocycles. The summed E-state index contributed by atoms with van der Waals surface area (Å²) in [4.78, 5) is 32.5. The molecule has 0 saturated carbocycles. The summed E-state index contributed by atoms with van der Waals surface area (Å²) in [5.74, 6) is -0.116. The molecule has 1 aliphatic heterocycles. The van der Waals surface area contributed by atoms with Crippen molar-refractivity contribution in [2.24, 2.45) is 0 Å². The topological polar surface area (TPSA) is 69.0 Å². The molecule has 2 aromatic heterocycles. The zero-order valence-electron chi connectivity index (χ0n) is 13.7. The maximum atomic E-state index is 12.8. The van der Waals surface area contributed by atoms with Gasteiger partial charge in [-0.25, -0.2) is 0 Å². The fourth-order valence-corrected chi connectivity index (χ4v) is 3.58. The van der Waals surface area contributed by atoms with E-state index in [1.807, 2.05) is 24.0 Å². The van der Waals surface area contributed by atoms with Crippen LogP contribution in [0.4, 0.5) is 0 Å². The number of hydrogen-bond acceptors (Lipinski definition) is 2. The molecule has 3 heterocycles. The van der Waals surface area contributed by atoms with Crippen LogP contribution in [0.5, 0.6) is 0 Å². The summed E-state index contributed by atoms with van der Waals surface area (Å²) in [6.07, 6.45) is 2.42. The number of aromatic nitrogens is 2. The maximum Gasteiger partial charge on any atom is 0.270 e. The normalized spacial score (nSPS) is 17.1. The molecule has 4 rings (SSSR count). The third-order valence-electron chi connectivity index (χ3n) is 4.92. The van der Waals surface area contributed by atoms with E-state index in [4.69, 9.17) is 0 Å². The minimum absolute atomic E-state index is 0.0299. The molecule has 0 bridgehead atoms. The number of aromatic amines is 2. The number of ketones is 1. The molecule has 1 aliphatic rings. The van der Waals surface area contributed by atoms with E-state index in [2.05, 4.69) is 22.1 Å². The largest absolute Gasteiger partial charge is 0.356 e. The predicted octanol–water partition coefficient (Wildman–Crippen LogP) is 3.46. The average Bonchev–Trinajstić information content (AvgIpc) is 3.20. The van der Waals surface area contributed by atoms with Crippen LogP contribution in [0.15, 0.2) is 36.5 Å². The van der Waals surface area contributed by atoms with Gasteiger partial charge in [0.2, 0.25) is 0 Å². The molecule has 122 valence electrons. The minimum atomic E-state index is -0.0701. The van der Waals surface area contributed by atoms with Gasteiger partial charge in [-0.15, -0.1) is 0 Å². The lowest BCUT2D eigenvalue weighted by Crippen LogP contribution is -2.39. The number of nitrogens with one attached hydrogen (secondary N) is 2. The van der Waals surface area contributed by atoms with E-state index in [9.17, 15) is 9.59 Å². The van der Waals surface area contributed by atoms with E-state index >= 15 is 0 Å². The number of hydrogen-bond donors (Lipinski definition) is 2. The Bertz CT molecular complexity index is 951. The smallest absolute Gasteiger partial charge is 0.270 e. The summed E-state index contributed by atoms with van der Waals surface area (Å²) < 4.78 is 0. The van der Waals surface area contributed by atoms with Crippen LogP contribution in [-0.2, 0) is 6.42 Å². The van der Waals surface area contributed by atoms with Crippen LogP contribution in [0.2, 0.25) is 0 Å². The highest BCUT2D eigenvalue weighted by Crippen LogP contribution is 2.34. The van der Waals surface area contributed by atoms with Gasteiger partial charge in [0.05, 0.1) is 6.04 Å². The Morgan fingerprint density at radius 1 is 1.25 bits per heavy atom. The lowest BCUT2D eigenvalue weighted by atomic mass is 9.98. The molecule has 24 heavy (non-hydrogen) atoms. The Kier molecular flexibility index (Phi) is 3.30. The van der Waals surface area contributed by atoms with Crippen molar-refractivity contribution in [3.8, 4) is 0 Å². The molecule has 5 nitrogen and oxygen atoms in total. The van der Waals surface area contributed by atoms with E-state index in [0.29, 0.717) is 17.8 Å². The zero-order valence-corrected chi connectivity index (χ0v) is 13.7. The number of carbonyl (C=O) groups excluding carboxylic acids is 2. The van der Waals surface area contributed by atoms with Crippen LogP contribution >= 0.6 is 0 Å². The van der Waals surface area contributed by atoms with E-state index in [1.165, 1.54) is 17.9 Å². The number of fused-ring (bicyclic) bond motifs is 3. The van der Waals surface area contributed by atoms with E-state index < -0.39 is 0 Å². The second-order valence-corrected chi connectivity index (χ2v) is 6.35. The van der Waals surface area contributed by atoms with Crippen molar-refractivity contribution in [1.82, 2.24) is 14.9 Å². The molecule has 5 heteroatoms. The first kappa shape index (κ1) is 14.8. The van der Waals surface area contributed by atoms with Gasteiger partial charge in [0.25, 0.3) is 5.91 Å². The molecule has 0 fully saturated rings. The fraction of sp³-hybridized carbons (Fsp3) is 0.263. The first-order chi connectivity index (χ1) is 11.6. The van der Waals surface area contributed by atoms with Gasteiger partial charge in [-0.3, -0.25) is 9.59 Å². The highest BCUT2D eigenvalue weighted by atomic mass is 16.2. The van der Waals surface area contributed by atoms with Gasteiger partial charge < -0.3 is 14.9 Å². The number of amides is 1. The third kappa shape index (κ3) is 2.16. The molecule has 1 atom stereocenters. The summed E-state index contributed by atoms with van der Waals surface area (Å²) in [6.45, 7) is 4.21. The molecule has 2 N–H and O–H groups in total. The number of H-pyrrole nitrogens is 2. The van der Waals surface area contributed by atoms with Crippen LogP contribution < -0.4 is 0 Å². The van der Waals surface area contributed by atoms with Crippen molar-refractivity contribution in [2.45, 2.75) is 26.3 Å². The summed E-state index contributed by atoms with van der Waals surface area (Å²) >= 11 is 0. The monoisotopic (exact) mass is 321 g/mol. The third-order valence-corrected chi connectivity index (χ3v) is 4.92. The van der Waals surface area contributed by atoms with Gasteiger partial charge in [0.15, 0.2) is 5.78 Å². The van der Waals surface area contributed by atoms with Crippen molar-refractivity contribution in [2.75, 3.05) is 6.54 Å². The molecule has 0 spiro atoms. The Morgan fingerprint density at radius 2 is 2.04 bits per heavy atom. The Balaban J connectivity index is 1.68. The summed E-state index contributed by atoms with van der Waals surface area (Å²) in [5, 5.41) is 1.24. The second-order valence-electron chi connectivity index (χ2n) is 6.35. The number of nitrogens with zero attached hydrogens (tertiary/aromatic N) is 1. The second kappa shape index (κ2) is 5.37. The molecular formula is C19H19N3O2. The van der Waals surface area contributed by atoms with Gasteiger partial charge in [0, 0.05) is 34.9 Å². The Hall–Kier alpha value is -2.82. The highest BCUT2D eigenvalue weighted by Gasteiger charge is 2.31. The molecule has 1 aromatic carbocycles. The van der Waals surface area contributed by atoms with Crippen molar-refractivity contribution >= 4 is 22.6 Å². The first-order valence-electron chi connectivity index (χ1n) is 8.16. The molecule has 0 radical (unpaired) electrons. The van der Waals surface area contributed by atoms with Crippen LogP contribution in [0.3, 0.4) is 0 Å². The summed E-state index contributed by atoms with van der Waals surface area (Å²) in [6, 6.07) is 9.85. The SMILES string of the molecule is CC(=O)c1c[nH]c(C(=O)N2CCc3c([nH]c4ccccc34)[C@H]2C)c1. The predicted molar refractivity (Wildman–Crippen MR) is 92.3 cm³/mol. The van der Waals surface area contributed by atoms with E-state index in [1.54, 1.807) is 12.3 Å². The number of carbonyl (C=O) groups is 2. The van der Waals surface area contributed by atoms with Crippen LogP contribution in [-0.4, -0.2) is 33.1 Å². The molecule has 1 amide bonds. The molecule has 0 unspecified atom stereocenters. The van der Waals surface area contributed by atoms with Gasteiger partial charge in [-0.2, -0.15) is 0 Å². The summed E-state index contributed by atoms with van der Waals surface area (Å²) in [5.41, 5.74) is 4.52. The maximum absolute atomic E-state index is 12.8. The minimum Gasteiger partial charge on any atom is -0.356 e. The van der Waals surface area contributed by atoms with E-state index in [-0.39, 0.29) is 17.7 Å². The fourth-order valence-electron chi connectivity index (χ4n) is 3.58. The average molecular weight is 321 g/mol. The number of para-hydroxylation sites is 1. The summed E-state index contributed by atoms with van der Waals surface area (Å²) in [7, 11) is 0. The van der Waals surface area contributed by atoms with Gasteiger partial charge in [0.1, 0.15) is 5.69 Å².